The Morgan fingerprint density at radius 1 is 1.27 bits per heavy atom. The predicted octanol–water partition coefficient (Wildman–Crippen LogP) is 3.59. The summed E-state index contributed by atoms with van der Waals surface area (Å²) in [7, 11) is 0. The van der Waals surface area contributed by atoms with Gasteiger partial charge in [-0.2, -0.15) is 13.2 Å². The summed E-state index contributed by atoms with van der Waals surface area (Å²) in [5.74, 6) is 0.571. The van der Waals surface area contributed by atoms with Crippen molar-refractivity contribution >= 4 is 23.4 Å². The number of aromatic nitrogens is 1. The van der Waals surface area contributed by atoms with Crippen LogP contribution < -0.4 is 10.1 Å². The van der Waals surface area contributed by atoms with E-state index in [-0.39, 0.29) is 18.3 Å². The number of hydrogen-bond donors (Lipinski definition) is 2. The highest BCUT2D eigenvalue weighted by molar-refractivity contribution is 7.99. The van der Waals surface area contributed by atoms with E-state index in [0.29, 0.717) is 16.5 Å². The van der Waals surface area contributed by atoms with Crippen LogP contribution in [0.5, 0.6) is 5.75 Å². The van der Waals surface area contributed by atoms with E-state index in [1.54, 1.807) is 24.3 Å². The van der Waals surface area contributed by atoms with Crippen LogP contribution in [0.2, 0.25) is 0 Å². The molecule has 0 aliphatic rings. The monoisotopic (exact) mass is 386 g/mol. The average molecular weight is 386 g/mol. The fourth-order valence-corrected chi connectivity index (χ4v) is 2.64. The number of alkyl halides is 3. The molecule has 0 aliphatic carbocycles. The zero-order chi connectivity index (χ0) is 19.2. The number of halogens is 3. The van der Waals surface area contributed by atoms with Gasteiger partial charge in [-0.25, -0.2) is 4.98 Å². The number of carbonyl (C=O) groups excluding carboxylic acids is 1. The van der Waals surface area contributed by atoms with Gasteiger partial charge < -0.3 is 15.2 Å². The van der Waals surface area contributed by atoms with Crippen LogP contribution in [0.25, 0.3) is 0 Å². The second-order valence-corrected chi connectivity index (χ2v) is 6.40. The number of benzene rings is 1. The molecule has 1 aromatic heterocycles. The molecule has 1 heterocycles. The van der Waals surface area contributed by atoms with Crippen LogP contribution in [-0.4, -0.2) is 34.5 Å². The van der Waals surface area contributed by atoms with Crippen molar-refractivity contribution in [3.05, 3.63) is 48.2 Å². The van der Waals surface area contributed by atoms with Gasteiger partial charge in [0.2, 0.25) is 5.91 Å². The van der Waals surface area contributed by atoms with Gasteiger partial charge in [0.05, 0.1) is 16.7 Å². The number of anilines is 1. The van der Waals surface area contributed by atoms with E-state index in [2.05, 4.69) is 10.3 Å². The molecule has 0 bridgehead atoms. The number of hydrogen-bond acceptors (Lipinski definition) is 5. The van der Waals surface area contributed by atoms with Crippen LogP contribution in [0.1, 0.15) is 12.5 Å². The Bertz CT molecular complexity index is 722. The summed E-state index contributed by atoms with van der Waals surface area (Å²) >= 11 is 1.14. The summed E-state index contributed by atoms with van der Waals surface area (Å²) in [6, 6.07) is 8.87. The van der Waals surface area contributed by atoms with Gasteiger partial charge in [0.1, 0.15) is 12.4 Å². The van der Waals surface area contributed by atoms with Gasteiger partial charge in [-0.3, -0.25) is 4.79 Å². The maximum atomic E-state index is 12.5. The lowest BCUT2D eigenvalue weighted by Gasteiger charge is -2.12. The maximum absolute atomic E-state index is 12.5. The Labute approximate surface area is 152 Å². The fraction of sp³-hybridized carbons (Fsp3) is 0.294. The number of rotatable bonds is 7. The molecule has 0 aliphatic heterocycles. The van der Waals surface area contributed by atoms with E-state index in [1.165, 1.54) is 13.0 Å². The van der Waals surface area contributed by atoms with E-state index >= 15 is 0 Å². The van der Waals surface area contributed by atoms with Crippen LogP contribution >= 0.6 is 11.8 Å². The van der Waals surface area contributed by atoms with Gasteiger partial charge in [-0.15, -0.1) is 11.8 Å². The number of amides is 1. The van der Waals surface area contributed by atoms with E-state index in [1.807, 2.05) is 0 Å². The minimum Gasteiger partial charge on any atom is -0.491 e. The standard InChI is InChI=1S/C17H17F3N2O3S/c1-11(23)22-13-3-5-15(6-4-13)25-9-14(24)10-26-16-7-2-12(8-21-16)17(18,19)20/h2-8,14,24H,9-10H2,1H3,(H,22,23). The number of carbonyl (C=O) groups is 1. The van der Waals surface area contributed by atoms with Crippen molar-refractivity contribution in [1.82, 2.24) is 4.98 Å². The van der Waals surface area contributed by atoms with Crippen molar-refractivity contribution < 1.29 is 27.8 Å². The Morgan fingerprint density at radius 3 is 2.50 bits per heavy atom. The number of aliphatic hydroxyl groups excluding tert-OH is 1. The van der Waals surface area contributed by atoms with Gasteiger partial charge >= 0.3 is 6.18 Å². The van der Waals surface area contributed by atoms with Gasteiger partial charge in [0, 0.05) is 24.6 Å². The molecule has 140 valence electrons. The van der Waals surface area contributed by atoms with Crippen molar-refractivity contribution in [2.24, 2.45) is 0 Å². The first-order chi connectivity index (χ1) is 12.2. The molecule has 0 saturated heterocycles. The molecule has 0 saturated carbocycles. The van der Waals surface area contributed by atoms with Crippen molar-refractivity contribution in [2.45, 2.75) is 24.2 Å². The molecule has 0 radical (unpaired) electrons. The molecule has 1 amide bonds. The third-order valence-electron chi connectivity index (χ3n) is 3.10. The molecule has 9 heteroatoms. The van der Waals surface area contributed by atoms with Gasteiger partial charge in [0.15, 0.2) is 0 Å². The number of aliphatic hydroxyl groups is 1. The average Bonchev–Trinajstić information content (AvgIpc) is 2.58. The molecule has 1 aromatic carbocycles. The number of nitrogens with zero attached hydrogens (tertiary/aromatic N) is 1. The Morgan fingerprint density at radius 2 is 1.96 bits per heavy atom. The second-order valence-electron chi connectivity index (χ2n) is 5.36. The normalized spacial score (nSPS) is 12.5. The Kier molecular flexibility index (Phi) is 6.87. The van der Waals surface area contributed by atoms with Crippen LogP contribution in [0.4, 0.5) is 18.9 Å². The molecule has 0 fully saturated rings. The Balaban J connectivity index is 1.76. The first-order valence-electron chi connectivity index (χ1n) is 7.58. The largest absolute Gasteiger partial charge is 0.491 e. The lowest BCUT2D eigenvalue weighted by Crippen LogP contribution is -2.20. The quantitative estimate of drug-likeness (QED) is 0.712. The zero-order valence-electron chi connectivity index (χ0n) is 13.8. The zero-order valence-corrected chi connectivity index (χ0v) is 14.6. The van der Waals surface area contributed by atoms with Gasteiger partial charge in [-0.1, -0.05) is 0 Å². The number of nitrogens with one attached hydrogen (secondary N) is 1. The van der Waals surface area contributed by atoms with E-state index in [4.69, 9.17) is 4.74 Å². The predicted molar refractivity (Wildman–Crippen MR) is 92.2 cm³/mol. The molecule has 1 atom stereocenters. The third kappa shape index (κ3) is 6.57. The topological polar surface area (TPSA) is 71.5 Å². The second kappa shape index (κ2) is 8.91. The molecule has 2 aromatic rings. The highest BCUT2D eigenvalue weighted by Gasteiger charge is 2.30. The van der Waals surface area contributed by atoms with Crippen LogP contribution in [0.15, 0.2) is 47.6 Å². The van der Waals surface area contributed by atoms with Crippen molar-refractivity contribution in [3.8, 4) is 5.75 Å². The lowest BCUT2D eigenvalue weighted by atomic mass is 10.3. The SMILES string of the molecule is CC(=O)Nc1ccc(OCC(O)CSc2ccc(C(F)(F)F)cn2)cc1. The maximum Gasteiger partial charge on any atom is 0.417 e. The summed E-state index contributed by atoms with van der Waals surface area (Å²) in [5, 5.41) is 12.9. The lowest BCUT2D eigenvalue weighted by molar-refractivity contribution is -0.137. The molecule has 0 spiro atoms. The highest BCUT2D eigenvalue weighted by Crippen LogP contribution is 2.29. The smallest absolute Gasteiger partial charge is 0.417 e. The molecule has 1 unspecified atom stereocenters. The van der Waals surface area contributed by atoms with E-state index < -0.39 is 17.8 Å². The summed E-state index contributed by atoms with van der Waals surface area (Å²) in [4.78, 5) is 14.7. The summed E-state index contributed by atoms with van der Waals surface area (Å²) in [6.45, 7) is 1.43. The fourth-order valence-electron chi connectivity index (χ4n) is 1.89. The summed E-state index contributed by atoms with van der Waals surface area (Å²) < 4.78 is 42.8. The number of pyridine rings is 1. The highest BCUT2D eigenvalue weighted by atomic mass is 32.2. The van der Waals surface area contributed by atoms with Crippen LogP contribution in [-0.2, 0) is 11.0 Å². The van der Waals surface area contributed by atoms with Gasteiger partial charge in [0.25, 0.3) is 0 Å². The summed E-state index contributed by atoms with van der Waals surface area (Å²) in [5.41, 5.74) is -0.178. The van der Waals surface area contributed by atoms with Crippen LogP contribution in [0.3, 0.4) is 0 Å². The molecular formula is C17H17F3N2O3S. The van der Waals surface area contributed by atoms with Gasteiger partial charge in [-0.05, 0) is 36.4 Å². The molecule has 2 N–H and O–H groups in total. The van der Waals surface area contributed by atoms with E-state index in [9.17, 15) is 23.1 Å². The van der Waals surface area contributed by atoms with Crippen molar-refractivity contribution in [3.63, 3.8) is 0 Å². The van der Waals surface area contributed by atoms with Crippen molar-refractivity contribution in [2.75, 3.05) is 17.7 Å². The molecule has 5 nitrogen and oxygen atoms in total. The number of thioether (sulfide) groups is 1. The van der Waals surface area contributed by atoms with Crippen LogP contribution in [0, 0.1) is 0 Å². The molecular weight excluding hydrogens is 369 g/mol. The molecule has 26 heavy (non-hydrogen) atoms. The first kappa shape index (κ1) is 20.1. The third-order valence-corrected chi connectivity index (χ3v) is 4.19. The summed E-state index contributed by atoms with van der Waals surface area (Å²) in [6.07, 6.45) is -4.47. The minimum atomic E-state index is -4.42. The van der Waals surface area contributed by atoms with Crippen molar-refractivity contribution in [1.29, 1.82) is 0 Å². The minimum absolute atomic E-state index is 0.0210. The number of ether oxygens (including phenoxy) is 1. The molecule has 2 rings (SSSR count). The van der Waals surface area contributed by atoms with E-state index in [0.717, 1.165) is 24.0 Å². The first-order valence-corrected chi connectivity index (χ1v) is 8.57. The Hall–Kier alpha value is -2.26.